The van der Waals surface area contributed by atoms with E-state index in [-0.39, 0.29) is 23.1 Å². The van der Waals surface area contributed by atoms with Crippen LogP contribution in [0.15, 0.2) is 53.0 Å². The van der Waals surface area contributed by atoms with Crippen LogP contribution in [0.2, 0.25) is 5.02 Å². The van der Waals surface area contributed by atoms with E-state index >= 15 is 0 Å². The minimum Gasteiger partial charge on any atom is -0.493 e. The summed E-state index contributed by atoms with van der Waals surface area (Å²) in [4.78, 5) is 20.2. The molecule has 3 N–H and O–H groups in total. The average molecular weight is 522 g/mol. The van der Waals surface area contributed by atoms with Crippen molar-refractivity contribution in [2.45, 2.75) is 6.92 Å². The van der Waals surface area contributed by atoms with E-state index in [0.29, 0.717) is 29.1 Å². The Balaban J connectivity index is 1.68. The Hall–Kier alpha value is -3.17. The first-order valence-electron chi connectivity index (χ1n) is 9.49. The van der Waals surface area contributed by atoms with Gasteiger partial charge < -0.3 is 20.4 Å². The molecule has 32 heavy (non-hydrogen) atoms. The van der Waals surface area contributed by atoms with Crippen molar-refractivity contribution in [1.29, 1.82) is 0 Å². The largest absolute Gasteiger partial charge is 0.493 e. The predicted molar refractivity (Wildman–Crippen MR) is 124 cm³/mol. The topological polar surface area (TPSA) is 79.0 Å². The Labute approximate surface area is 195 Å². The van der Waals surface area contributed by atoms with Gasteiger partial charge in [-0.1, -0.05) is 27.5 Å². The number of carbonyl (C=O) groups excluding carboxylic acids is 1. The summed E-state index contributed by atoms with van der Waals surface area (Å²) in [6.45, 7) is 2.14. The van der Waals surface area contributed by atoms with Gasteiger partial charge in [-0.05, 0) is 49.4 Å². The Morgan fingerprint density at radius 3 is 2.59 bits per heavy atom. The van der Waals surface area contributed by atoms with E-state index in [1.807, 2.05) is 12.1 Å². The summed E-state index contributed by atoms with van der Waals surface area (Å²) < 4.78 is 34.3. The molecule has 4 aromatic rings. The van der Waals surface area contributed by atoms with Gasteiger partial charge in [0.15, 0.2) is 0 Å². The molecule has 10 heteroatoms. The molecule has 1 heterocycles. The first-order valence-corrected chi connectivity index (χ1v) is 10.7. The Kier molecular flexibility index (Phi) is 6.29. The number of halogens is 4. The van der Waals surface area contributed by atoms with Crippen molar-refractivity contribution in [2.75, 3.05) is 17.2 Å². The van der Waals surface area contributed by atoms with Gasteiger partial charge >= 0.3 is 0 Å². The lowest BCUT2D eigenvalue weighted by Crippen LogP contribution is -2.13. The number of aromatic nitrogens is 2. The molecule has 1 aromatic heterocycles. The zero-order valence-electron chi connectivity index (χ0n) is 16.6. The van der Waals surface area contributed by atoms with Crippen molar-refractivity contribution in [3.05, 3.63) is 75.2 Å². The molecule has 1 amide bonds. The number of nitrogens with one attached hydrogen (secondary N) is 3. The number of hydrogen-bond acceptors (Lipinski definition) is 4. The third-order valence-corrected chi connectivity index (χ3v) is 5.42. The summed E-state index contributed by atoms with van der Waals surface area (Å²) >= 11 is 9.22. The summed E-state index contributed by atoms with van der Waals surface area (Å²) in [6.07, 6.45) is 0. The number of carbonyl (C=O) groups is 1. The Morgan fingerprint density at radius 2 is 1.88 bits per heavy atom. The number of hydrogen-bond donors (Lipinski definition) is 3. The molecule has 0 radical (unpaired) electrons. The summed E-state index contributed by atoms with van der Waals surface area (Å²) in [7, 11) is 0. The number of nitrogens with zero attached hydrogens (tertiary/aromatic N) is 1. The van der Waals surface area contributed by atoms with Gasteiger partial charge in [0, 0.05) is 16.2 Å². The fraction of sp³-hybridized carbons (Fsp3) is 0.0909. The maximum Gasteiger partial charge on any atom is 0.259 e. The van der Waals surface area contributed by atoms with Crippen LogP contribution < -0.4 is 15.4 Å². The predicted octanol–water partition coefficient (Wildman–Crippen LogP) is 6.65. The molecular formula is C22H16BrClF2N4O2. The number of H-pyrrole nitrogens is 1. The van der Waals surface area contributed by atoms with Gasteiger partial charge in [0.05, 0.1) is 28.9 Å². The van der Waals surface area contributed by atoms with Crippen LogP contribution in [0, 0.1) is 11.6 Å². The summed E-state index contributed by atoms with van der Waals surface area (Å²) in [5.41, 5.74) is 1.59. The van der Waals surface area contributed by atoms with Gasteiger partial charge in [0.25, 0.3) is 5.91 Å². The molecule has 0 saturated carbocycles. The van der Waals surface area contributed by atoms with Crippen LogP contribution in [0.1, 0.15) is 17.3 Å². The quantitative estimate of drug-likeness (QED) is 0.248. The minimum atomic E-state index is -0.766. The lowest BCUT2D eigenvalue weighted by molar-refractivity contribution is 0.102. The molecule has 0 aliphatic rings. The van der Waals surface area contributed by atoms with Crippen LogP contribution in [-0.2, 0) is 0 Å². The fourth-order valence-corrected chi connectivity index (χ4v) is 3.51. The highest BCUT2D eigenvalue weighted by molar-refractivity contribution is 9.10. The van der Waals surface area contributed by atoms with Gasteiger partial charge in [0.1, 0.15) is 22.4 Å². The highest BCUT2D eigenvalue weighted by Crippen LogP contribution is 2.32. The van der Waals surface area contributed by atoms with Crippen LogP contribution in [0.5, 0.6) is 5.75 Å². The van der Waals surface area contributed by atoms with Crippen LogP contribution in [-0.4, -0.2) is 22.5 Å². The van der Waals surface area contributed by atoms with E-state index < -0.39 is 16.7 Å². The SMILES string of the molecule is CCOc1cc2[nH]c(Nc3c(F)ccc(F)c3Cl)nc2cc1C(=O)Nc1ccc(Br)cc1. The highest BCUT2D eigenvalue weighted by atomic mass is 79.9. The standard InChI is InChI=1S/C22H16BrClF2N4O2/c1-2-32-18-10-17-16(9-13(18)21(31)27-12-5-3-11(23)4-6-12)28-22(29-17)30-20-15(26)8-7-14(25)19(20)24/h3-10H,2H2,1H3,(H,27,31)(H2,28,29,30). The molecule has 0 atom stereocenters. The van der Waals surface area contributed by atoms with E-state index in [9.17, 15) is 13.6 Å². The van der Waals surface area contributed by atoms with Crippen molar-refractivity contribution in [3.63, 3.8) is 0 Å². The van der Waals surface area contributed by atoms with E-state index in [0.717, 1.165) is 16.6 Å². The third kappa shape index (κ3) is 4.53. The number of amides is 1. The first-order chi connectivity index (χ1) is 15.4. The number of aromatic amines is 1. The van der Waals surface area contributed by atoms with Gasteiger partial charge in [-0.15, -0.1) is 0 Å². The average Bonchev–Trinajstić information content (AvgIpc) is 3.16. The second-order valence-electron chi connectivity index (χ2n) is 6.69. The van der Waals surface area contributed by atoms with Crippen LogP contribution in [0.3, 0.4) is 0 Å². The van der Waals surface area contributed by atoms with Crippen molar-refractivity contribution in [3.8, 4) is 5.75 Å². The van der Waals surface area contributed by atoms with Crippen LogP contribution >= 0.6 is 27.5 Å². The Bertz CT molecular complexity index is 1310. The normalized spacial score (nSPS) is 10.9. The van der Waals surface area contributed by atoms with E-state index in [2.05, 4.69) is 36.5 Å². The zero-order chi connectivity index (χ0) is 22.8. The van der Waals surface area contributed by atoms with Crippen molar-refractivity contribution >= 4 is 61.8 Å². The highest BCUT2D eigenvalue weighted by Gasteiger charge is 2.18. The number of anilines is 3. The van der Waals surface area contributed by atoms with Gasteiger partial charge in [-0.2, -0.15) is 0 Å². The van der Waals surface area contributed by atoms with E-state index in [4.69, 9.17) is 16.3 Å². The Morgan fingerprint density at radius 1 is 1.16 bits per heavy atom. The molecule has 4 rings (SSSR count). The molecule has 6 nitrogen and oxygen atoms in total. The fourth-order valence-electron chi connectivity index (χ4n) is 3.04. The van der Waals surface area contributed by atoms with Crippen LogP contribution in [0.25, 0.3) is 11.0 Å². The molecule has 0 spiro atoms. The molecule has 164 valence electrons. The molecule has 0 aliphatic carbocycles. The second kappa shape index (κ2) is 9.13. The third-order valence-electron chi connectivity index (χ3n) is 4.52. The summed E-state index contributed by atoms with van der Waals surface area (Å²) in [6, 6.07) is 12.2. The molecule has 0 fully saturated rings. The minimum absolute atomic E-state index is 0.124. The molecule has 3 aromatic carbocycles. The zero-order valence-corrected chi connectivity index (χ0v) is 18.9. The van der Waals surface area contributed by atoms with Crippen molar-refractivity contribution in [2.24, 2.45) is 0 Å². The van der Waals surface area contributed by atoms with Crippen LogP contribution in [0.4, 0.5) is 26.1 Å². The lowest BCUT2D eigenvalue weighted by Gasteiger charge is -2.11. The lowest BCUT2D eigenvalue weighted by atomic mass is 10.1. The number of imidazole rings is 1. The second-order valence-corrected chi connectivity index (χ2v) is 7.98. The number of benzene rings is 3. The van der Waals surface area contributed by atoms with Gasteiger partial charge in [-0.3, -0.25) is 4.79 Å². The molecular weight excluding hydrogens is 506 g/mol. The first kappa shape index (κ1) is 22.0. The maximum absolute atomic E-state index is 14.1. The van der Waals surface area contributed by atoms with E-state index in [1.165, 1.54) is 0 Å². The monoisotopic (exact) mass is 520 g/mol. The number of ether oxygens (including phenoxy) is 1. The summed E-state index contributed by atoms with van der Waals surface area (Å²) in [5, 5.41) is 5.08. The van der Waals surface area contributed by atoms with Gasteiger partial charge in [0.2, 0.25) is 5.95 Å². The number of fused-ring (bicyclic) bond motifs is 1. The number of rotatable bonds is 6. The van der Waals surface area contributed by atoms with Crippen molar-refractivity contribution < 1.29 is 18.3 Å². The maximum atomic E-state index is 14.1. The van der Waals surface area contributed by atoms with E-state index in [1.54, 1.807) is 31.2 Å². The molecule has 0 aliphatic heterocycles. The summed E-state index contributed by atoms with van der Waals surface area (Å²) in [5.74, 6) is -1.41. The van der Waals surface area contributed by atoms with Crippen molar-refractivity contribution in [1.82, 2.24) is 9.97 Å². The molecule has 0 saturated heterocycles. The molecule has 0 bridgehead atoms. The molecule has 0 unspecified atom stereocenters. The smallest absolute Gasteiger partial charge is 0.259 e. The van der Waals surface area contributed by atoms with Gasteiger partial charge in [-0.25, -0.2) is 13.8 Å².